The SMILES string of the molecule is C=C(C)CNC(CN)c1ccc(C)cc1Br. The van der Waals surface area contributed by atoms with E-state index in [4.69, 9.17) is 5.73 Å². The molecule has 0 aliphatic carbocycles. The molecule has 0 fully saturated rings. The molecule has 3 N–H and O–H groups in total. The van der Waals surface area contributed by atoms with Gasteiger partial charge in [-0.1, -0.05) is 40.2 Å². The largest absolute Gasteiger partial charge is 0.329 e. The summed E-state index contributed by atoms with van der Waals surface area (Å²) in [4.78, 5) is 0. The van der Waals surface area contributed by atoms with E-state index >= 15 is 0 Å². The van der Waals surface area contributed by atoms with E-state index in [0.29, 0.717) is 6.54 Å². The normalized spacial score (nSPS) is 12.5. The molecule has 1 unspecified atom stereocenters. The van der Waals surface area contributed by atoms with Gasteiger partial charge < -0.3 is 11.1 Å². The molecule has 0 aromatic heterocycles. The Morgan fingerprint density at radius 3 is 2.75 bits per heavy atom. The lowest BCUT2D eigenvalue weighted by Gasteiger charge is -2.19. The molecule has 88 valence electrons. The lowest BCUT2D eigenvalue weighted by atomic mass is 10.0. The first kappa shape index (κ1) is 13.4. The summed E-state index contributed by atoms with van der Waals surface area (Å²) in [6, 6.07) is 6.50. The maximum Gasteiger partial charge on any atom is 0.0458 e. The molecular formula is C13H19BrN2. The molecule has 0 spiro atoms. The van der Waals surface area contributed by atoms with Crippen molar-refractivity contribution >= 4 is 15.9 Å². The van der Waals surface area contributed by atoms with Gasteiger partial charge in [0.25, 0.3) is 0 Å². The lowest BCUT2D eigenvalue weighted by Crippen LogP contribution is -2.29. The molecule has 0 heterocycles. The Kier molecular flexibility index (Phi) is 5.19. The highest BCUT2D eigenvalue weighted by Crippen LogP contribution is 2.24. The van der Waals surface area contributed by atoms with E-state index in [0.717, 1.165) is 16.6 Å². The van der Waals surface area contributed by atoms with Gasteiger partial charge >= 0.3 is 0 Å². The lowest BCUT2D eigenvalue weighted by molar-refractivity contribution is 0.567. The van der Waals surface area contributed by atoms with Crippen molar-refractivity contribution in [2.45, 2.75) is 19.9 Å². The van der Waals surface area contributed by atoms with E-state index in [2.05, 4.69) is 52.9 Å². The molecule has 16 heavy (non-hydrogen) atoms. The summed E-state index contributed by atoms with van der Waals surface area (Å²) in [5, 5.41) is 3.39. The molecule has 1 aromatic carbocycles. The minimum Gasteiger partial charge on any atom is -0.329 e. The van der Waals surface area contributed by atoms with Crippen molar-refractivity contribution in [3.63, 3.8) is 0 Å². The van der Waals surface area contributed by atoms with Crippen LogP contribution in [0.3, 0.4) is 0 Å². The van der Waals surface area contributed by atoms with Gasteiger partial charge in [0.2, 0.25) is 0 Å². The van der Waals surface area contributed by atoms with Gasteiger partial charge in [-0.05, 0) is 31.0 Å². The van der Waals surface area contributed by atoms with E-state index in [1.807, 2.05) is 6.92 Å². The Bertz CT molecular complexity index is 374. The van der Waals surface area contributed by atoms with Gasteiger partial charge in [0.15, 0.2) is 0 Å². The molecular weight excluding hydrogens is 264 g/mol. The Balaban J connectivity index is 2.82. The molecule has 0 saturated heterocycles. The summed E-state index contributed by atoms with van der Waals surface area (Å²) in [6.45, 7) is 9.33. The Hall–Kier alpha value is -0.640. The van der Waals surface area contributed by atoms with E-state index in [-0.39, 0.29) is 6.04 Å². The molecule has 1 rings (SSSR count). The molecule has 0 saturated carbocycles. The number of nitrogens with one attached hydrogen (secondary N) is 1. The van der Waals surface area contributed by atoms with Crippen molar-refractivity contribution in [3.8, 4) is 0 Å². The van der Waals surface area contributed by atoms with Crippen LogP contribution < -0.4 is 11.1 Å². The van der Waals surface area contributed by atoms with Gasteiger partial charge in [-0.15, -0.1) is 0 Å². The zero-order chi connectivity index (χ0) is 12.1. The summed E-state index contributed by atoms with van der Waals surface area (Å²) < 4.78 is 1.11. The minimum atomic E-state index is 0.173. The Labute approximate surface area is 106 Å². The predicted octanol–water partition coefficient (Wildman–Crippen LogP) is 2.92. The zero-order valence-electron chi connectivity index (χ0n) is 9.89. The highest BCUT2D eigenvalue weighted by molar-refractivity contribution is 9.10. The standard InChI is InChI=1S/C13H19BrN2/c1-9(2)8-16-13(7-15)11-5-4-10(3)6-12(11)14/h4-6,13,16H,1,7-8,15H2,2-3H3. The van der Waals surface area contributed by atoms with Crippen molar-refractivity contribution in [3.05, 3.63) is 46.0 Å². The molecule has 1 atom stereocenters. The van der Waals surface area contributed by atoms with E-state index in [1.54, 1.807) is 0 Å². The third kappa shape index (κ3) is 3.74. The van der Waals surface area contributed by atoms with E-state index in [9.17, 15) is 0 Å². The quantitative estimate of drug-likeness (QED) is 0.815. The summed E-state index contributed by atoms with van der Waals surface area (Å²) in [6.07, 6.45) is 0. The number of hydrogen-bond acceptors (Lipinski definition) is 2. The number of halogens is 1. The highest BCUT2D eigenvalue weighted by atomic mass is 79.9. The number of rotatable bonds is 5. The molecule has 2 nitrogen and oxygen atoms in total. The van der Waals surface area contributed by atoms with Gasteiger partial charge in [-0.3, -0.25) is 0 Å². The molecule has 3 heteroatoms. The average Bonchev–Trinajstić information content (AvgIpc) is 2.21. The first-order valence-corrected chi connectivity index (χ1v) is 6.17. The monoisotopic (exact) mass is 282 g/mol. The predicted molar refractivity (Wildman–Crippen MR) is 73.5 cm³/mol. The van der Waals surface area contributed by atoms with Crippen LogP contribution in [0.25, 0.3) is 0 Å². The van der Waals surface area contributed by atoms with Crippen LogP contribution in [0.5, 0.6) is 0 Å². The van der Waals surface area contributed by atoms with Crippen LogP contribution in [0.2, 0.25) is 0 Å². The number of nitrogens with two attached hydrogens (primary N) is 1. The van der Waals surface area contributed by atoms with Gasteiger partial charge in [-0.25, -0.2) is 0 Å². The van der Waals surface area contributed by atoms with Crippen molar-refractivity contribution in [1.82, 2.24) is 5.32 Å². The smallest absolute Gasteiger partial charge is 0.0458 e. The van der Waals surface area contributed by atoms with Crippen LogP contribution in [0.1, 0.15) is 24.1 Å². The van der Waals surface area contributed by atoms with Crippen molar-refractivity contribution in [2.75, 3.05) is 13.1 Å². The Morgan fingerprint density at radius 2 is 2.25 bits per heavy atom. The third-order valence-electron chi connectivity index (χ3n) is 2.42. The number of benzene rings is 1. The second-order valence-corrected chi connectivity index (χ2v) is 5.01. The zero-order valence-corrected chi connectivity index (χ0v) is 11.5. The van der Waals surface area contributed by atoms with Crippen LogP contribution in [0.15, 0.2) is 34.8 Å². The van der Waals surface area contributed by atoms with Crippen LogP contribution >= 0.6 is 15.9 Å². The molecule has 0 amide bonds. The van der Waals surface area contributed by atoms with Crippen LogP contribution in [-0.2, 0) is 0 Å². The summed E-state index contributed by atoms with van der Waals surface area (Å²) in [5.74, 6) is 0. The highest BCUT2D eigenvalue weighted by Gasteiger charge is 2.11. The van der Waals surface area contributed by atoms with Crippen molar-refractivity contribution < 1.29 is 0 Å². The number of aryl methyl sites for hydroxylation is 1. The fraction of sp³-hybridized carbons (Fsp3) is 0.385. The van der Waals surface area contributed by atoms with Gasteiger partial charge in [0.1, 0.15) is 0 Å². The number of hydrogen-bond donors (Lipinski definition) is 2. The fourth-order valence-electron chi connectivity index (χ4n) is 1.53. The second-order valence-electron chi connectivity index (χ2n) is 4.15. The average molecular weight is 283 g/mol. The van der Waals surface area contributed by atoms with Crippen LogP contribution in [0, 0.1) is 6.92 Å². The third-order valence-corrected chi connectivity index (χ3v) is 3.10. The molecule has 0 aliphatic rings. The molecule has 1 aromatic rings. The summed E-state index contributed by atoms with van der Waals surface area (Å²) in [7, 11) is 0. The second kappa shape index (κ2) is 6.18. The maximum absolute atomic E-state index is 5.78. The van der Waals surface area contributed by atoms with Gasteiger partial charge in [0, 0.05) is 23.6 Å². The minimum absolute atomic E-state index is 0.173. The van der Waals surface area contributed by atoms with Crippen LogP contribution in [0.4, 0.5) is 0 Å². The summed E-state index contributed by atoms with van der Waals surface area (Å²) in [5.41, 5.74) is 9.34. The molecule has 0 radical (unpaired) electrons. The van der Waals surface area contributed by atoms with Gasteiger partial charge in [0.05, 0.1) is 0 Å². The molecule has 0 aliphatic heterocycles. The van der Waals surface area contributed by atoms with Crippen LogP contribution in [-0.4, -0.2) is 13.1 Å². The van der Waals surface area contributed by atoms with E-state index in [1.165, 1.54) is 11.1 Å². The maximum atomic E-state index is 5.78. The van der Waals surface area contributed by atoms with E-state index < -0.39 is 0 Å². The fourth-order valence-corrected chi connectivity index (χ4v) is 2.30. The van der Waals surface area contributed by atoms with Crippen molar-refractivity contribution in [2.24, 2.45) is 5.73 Å². The van der Waals surface area contributed by atoms with Crippen molar-refractivity contribution in [1.29, 1.82) is 0 Å². The van der Waals surface area contributed by atoms with Gasteiger partial charge in [-0.2, -0.15) is 0 Å². The first-order valence-electron chi connectivity index (χ1n) is 5.38. The molecule has 0 bridgehead atoms. The first-order chi connectivity index (χ1) is 7.54. The topological polar surface area (TPSA) is 38.0 Å². The summed E-state index contributed by atoms with van der Waals surface area (Å²) >= 11 is 3.58. The Morgan fingerprint density at radius 1 is 1.56 bits per heavy atom.